The zero-order valence-electron chi connectivity index (χ0n) is 12.4. The van der Waals surface area contributed by atoms with Gasteiger partial charge in [0, 0.05) is 0 Å². The van der Waals surface area contributed by atoms with Crippen molar-refractivity contribution in [2.24, 2.45) is 0 Å². The topological polar surface area (TPSA) is 66.4 Å². The van der Waals surface area contributed by atoms with Crippen molar-refractivity contribution < 1.29 is 13.5 Å². The third-order valence-electron chi connectivity index (χ3n) is 4.05. The van der Waals surface area contributed by atoms with E-state index in [0.717, 1.165) is 11.1 Å². The molecule has 5 heteroatoms. The summed E-state index contributed by atoms with van der Waals surface area (Å²) < 4.78 is 25.4. The van der Waals surface area contributed by atoms with Gasteiger partial charge in [-0.15, -0.1) is 0 Å². The second kappa shape index (κ2) is 5.50. The van der Waals surface area contributed by atoms with E-state index < -0.39 is 15.4 Å². The van der Waals surface area contributed by atoms with E-state index in [1.54, 1.807) is 19.1 Å². The van der Waals surface area contributed by atoms with Crippen LogP contribution in [0.25, 0.3) is 0 Å². The van der Waals surface area contributed by atoms with Crippen LogP contribution in [0.3, 0.4) is 0 Å². The second-order valence-electron chi connectivity index (χ2n) is 6.00. The van der Waals surface area contributed by atoms with Gasteiger partial charge < -0.3 is 5.11 Å². The van der Waals surface area contributed by atoms with Crippen LogP contribution in [-0.2, 0) is 9.84 Å². The van der Waals surface area contributed by atoms with Gasteiger partial charge in [0.05, 0.1) is 28.8 Å². The van der Waals surface area contributed by atoms with Crippen LogP contribution in [0.4, 0.5) is 0 Å². The number of nitrogens with one attached hydrogen (secondary N) is 1. The molecule has 0 aliphatic carbocycles. The number of rotatable bonds is 2. The van der Waals surface area contributed by atoms with Crippen LogP contribution in [0.1, 0.15) is 24.1 Å². The van der Waals surface area contributed by atoms with Gasteiger partial charge in [0.15, 0.2) is 9.84 Å². The van der Waals surface area contributed by atoms with Crippen LogP contribution >= 0.6 is 0 Å². The van der Waals surface area contributed by atoms with E-state index in [1.165, 1.54) is 0 Å². The standard InChI is InChI=1S/C17H19NO3S/c1-17(11-19)12-22(20,21)15-10-6-5-9-14(15)16(18-17)13-7-3-2-4-8-13/h2-10,16,18-19H,11-12H2,1H3/t16-,17+/m1/s1. The normalized spacial score (nSPS) is 26.9. The predicted molar refractivity (Wildman–Crippen MR) is 85.4 cm³/mol. The first-order valence-corrected chi connectivity index (χ1v) is 8.86. The molecular weight excluding hydrogens is 298 g/mol. The lowest BCUT2D eigenvalue weighted by Crippen LogP contribution is -2.50. The number of hydrogen-bond acceptors (Lipinski definition) is 4. The maximum atomic E-state index is 12.7. The van der Waals surface area contributed by atoms with Gasteiger partial charge in [-0.1, -0.05) is 48.5 Å². The number of sulfone groups is 1. The Morgan fingerprint density at radius 3 is 2.45 bits per heavy atom. The van der Waals surface area contributed by atoms with E-state index in [2.05, 4.69) is 5.32 Å². The third kappa shape index (κ3) is 2.67. The molecule has 0 saturated heterocycles. The fourth-order valence-electron chi connectivity index (χ4n) is 2.97. The summed E-state index contributed by atoms with van der Waals surface area (Å²) in [4.78, 5) is 0.341. The first-order valence-electron chi connectivity index (χ1n) is 7.20. The van der Waals surface area contributed by atoms with Gasteiger partial charge in [-0.2, -0.15) is 0 Å². The first kappa shape index (κ1) is 15.2. The summed E-state index contributed by atoms with van der Waals surface area (Å²) in [6.07, 6.45) is 0. The highest BCUT2D eigenvalue weighted by molar-refractivity contribution is 7.91. The zero-order valence-corrected chi connectivity index (χ0v) is 13.2. The van der Waals surface area contributed by atoms with Crippen LogP contribution in [0, 0.1) is 0 Å². The van der Waals surface area contributed by atoms with Crippen molar-refractivity contribution in [1.29, 1.82) is 0 Å². The summed E-state index contributed by atoms with van der Waals surface area (Å²) >= 11 is 0. The zero-order chi connectivity index (χ0) is 15.8. The fraction of sp³-hybridized carbons (Fsp3) is 0.294. The minimum absolute atomic E-state index is 0.128. The summed E-state index contributed by atoms with van der Waals surface area (Å²) in [6, 6.07) is 16.5. The maximum Gasteiger partial charge on any atom is 0.180 e. The van der Waals surface area contributed by atoms with Crippen molar-refractivity contribution in [3.8, 4) is 0 Å². The Hall–Kier alpha value is -1.69. The molecule has 1 heterocycles. The van der Waals surface area contributed by atoms with Crippen LogP contribution < -0.4 is 5.32 Å². The monoisotopic (exact) mass is 317 g/mol. The summed E-state index contributed by atoms with van der Waals surface area (Å²) in [5.41, 5.74) is 0.816. The minimum atomic E-state index is -3.46. The molecule has 1 aliphatic rings. The molecule has 2 atom stereocenters. The number of aliphatic hydroxyl groups excluding tert-OH is 1. The maximum absolute atomic E-state index is 12.7. The van der Waals surface area contributed by atoms with Crippen molar-refractivity contribution in [2.75, 3.05) is 12.4 Å². The quantitative estimate of drug-likeness (QED) is 0.888. The molecule has 0 bridgehead atoms. The second-order valence-corrected chi connectivity index (χ2v) is 7.96. The molecule has 0 aromatic heterocycles. The molecule has 0 spiro atoms. The molecule has 1 aliphatic heterocycles. The van der Waals surface area contributed by atoms with E-state index in [4.69, 9.17) is 0 Å². The van der Waals surface area contributed by atoms with E-state index in [9.17, 15) is 13.5 Å². The van der Waals surface area contributed by atoms with Gasteiger partial charge in [0.1, 0.15) is 0 Å². The van der Waals surface area contributed by atoms with Gasteiger partial charge in [0.25, 0.3) is 0 Å². The molecule has 2 aromatic carbocycles. The summed E-state index contributed by atoms with van der Waals surface area (Å²) in [5.74, 6) is -0.128. The number of fused-ring (bicyclic) bond motifs is 1. The van der Waals surface area contributed by atoms with Crippen LogP contribution in [0.5, 0.6) is 0 Å². The van der Waals surface area contributed by atoms with E-state index >= 15 is 0 Å². The third-order valence-corrected chi connectivity index (χ3v) is 6.11. The van der Waals surface area contributed by atoms with Gasteiger partial charge in [0.2, 0.25) is 0 Å². The molecule has 2 aromatic rings. The lowest BCUT2D eigenvalue weighted by Gasteiger charge is -2.31. The first-order chi connectivity index (χ1) is 10.5. The Labute approximate surface area is 130 Å². The van der Waals surface area contributed by atoms with Gasteiger partial charge in [-0.25, -0.2) is 8.42 Å². The molecule has 2 N–H and O–H groups in total. The fourth-order valence-corrected chi connectivity index (χ4v) is 4.97. The van der Waals surface area contributed by atoms with Crippen molar-refractivity contribution in [2.45, 2.75) is 23.4 Å². The molecule has 0 amide bonds. The molecule has 0 fully saturated rings. The predicted octanol–water partition coefficient (Wildman–Crippen LogP) is 1.90. The minimum Gasteiger partial charge on any atom is -0.394 e. The highest BCUT2D eigenvalue weighted by Gasteiger charge is 2.39. The van der Waals surface area contributed by atoms with Crippen LogP contribution in [0.2, 0.25) is 0 Å². The molecule has 116 valence electrons. The van der Waals surface area contributed by atoms with Gasteiger partial charge in [-0.3, -0.25) is 5.32 Å². The SMILES string of the molecule is C[C@]1(CO)CS(=O)(=O)c2ccccc2[C@@H](c2ccccc2)N1. The van der Waals surface area contributed by atoms with Crippen molar-refractivity contribution in [3.05, 3.63) is 65.7 Å². The molecule has 3 rings (SSSR count). The molecule has 22 heavy (non-hydrogen) atoms. The van der Waals surface area contributed by atoms with Gasteiger partial charge in [-0.05, 0) is 24.1 Å². The molecule has 0 unspecified atom stereocenters. The van der Waals surface area contributed by atoms with Crippen molar-refractivity contribution in [3.63, 3.8) is 0 Å². The Bertz CT molecular complexity index is 774. The lowest BCUT2D eigenvalue weighted by atomic mass is 9.95. The van der Waals surface area contributed by atoms with Crippen LogP contribution in [-0.4, -0.2) is 31.4 Å². The van der Waals surface area contributed by atoms with Crippen LogP contribution in [0.15, 0.2) is 59.5 Å². The summed E-state index contributed by atoms with van der Waals surface area (Å²) in [6.45, 7) is 1.50. The number of hydrogen-bond donors (Lipinski definition) is 2. The summed E-state index contributed by atoms with van der Waals surface area (Å²) in [5, 5.41) is 13.1. The molecular formula is C17H19NO3S. The van der Waals surface area contributed by atoms with E-state index in [-0.39, 0.29) is 18.4 Å². The smallest absolute Gasteiger partial charge is 0.180 e. The molecule has 0 saturated carbocycles. The van der Waals surface area contributed by atoms with E-state index in [0.29, 0.717) is 4.90 Å². The lowest BCUT2D eigenvalue weighted by molar-refractivity contribution is 0.183. The van der Waals surface area contributed by atoms with E-state index in [1.807, 2.05) is 42.5 Å². The average molecular weight is 317 g/mol. The molecule has 4 nitrogen and oxygen atoms in total. The largest absolute Gasteiger partial charge is 0.394 e. The Morgan fingerprint density at radius 1 is 1.14 bits per heavy atom. The Kier molecular flexibility index (Phi) is 3.80. The summed E-state index contributed by atoms with van der Waals surface area (Å²) in [7, 11) is -3.46. The number of benzene rings is 2. The number of aliphatic hydroxyl groups is 1. The average Bonchev–Trinajstić information content (AvgIpc) is 2.62. The highest BCUT2D eigenvalue weighted by atomic mass is 32.2. The Balaban J connectivity index is 2.23. The van der Waals surface area contributed by atoms with Crippen molar-refractivity contribution >= 4 is 9.84 Å². The highest BCUT2D eigenvalue weighted by Crippen LogP contribution is 2.34. The Morgan fingerprint density at radius 2 is 1.77 bits per heavy atom. The van der Waals surface area contributed by atoms with Crippen molar-refractivity contribution in [1.82, 2.24) is 5.32 Å². The molecule has 0 radical (unpaired) electrons. The van der Waals surface area contributed by atoms with Gasteiger partial charge >= 0.3 is 0 Å².